The van der Waals surface area contributed by atoms with E-state index in [9.17, 15) is 18.0 Å². The fraction of sp³-hybridized carbons (Fsp3) is 0.440. The zero-order chi connectivity index (χ0) is 25.2. The number of carbonyl (C=O) groups excluding carboxylic acids is 2. The lowest BCUT2D eigenvalue weighted by atomic mass is 9.98. The van der Waals surface area contributed by atoms with E-state index in [-0.39, 0.29) is 23.3 Å². The molecule has 0 aliphatic carbocycles. The average Bonchev–Trinajstić information content (AvgIpc) is 3.28. The van der Waals surface area contributed by atoms with Gasteiger partial charge in [-0.05, 0) is 56.0 Å². The normalized spacial score (nSPS) is 18.3. The molecule has 10 heteroatoms. The number of piperidine rings is 1. The third-order valence-electron chi connectivity index (χ3n) is 6.41. The number of carbonyl (C=O) groups is 2. The third-order valence-corrected chi connectivity index (χ3v) is 8.75. The van der Waals surface area contributed by atoms with Gasteiger partial charge in [0, 0.05) is 30.5 Å². The Morgan fingerprint density at radius 1 is 1.17 bits per heavy atom. The number of para-hydroxylation sites is 2. The highest BCUT2D eigenvalue weighted by molar-refractivity contribution is 9.10. The summed E-state index contributed by atoms with van der Waals surface area (Å²) in [6.07, 6.45) is 2.06. The van der Waals surface area contributed by atoms with Crippen LogP contribution in [0.3, 0.4) is 0 Å². The Bertz CT molecular complexity index is 1230. The molecular formula is C25H30BrN3O5S. The Labute approximate surface area is 214 Å². The number of benzene rings is 2. The van der Waals surface area contributed by atoms with Gasteiger partial charge in [-0.1, -0.05) is 35.0 Å². The summed E-state index contributed by atoms with van der Waals surface area (Å²) in [5.74, 6) is -0.262. The topological polar surface area (TPSA) is 96.0 Å². The van der Waals surface area contributed by atoms with Crippen molar-refractivity contribution in [3.63, 3.8) is 0 Å². The summed E-state index contributed by atoms with van der Waals surface area (Å²) >= 11 is 3.44. The minimum absolute atomic E-state index is 0.0774. The average molecular weight is 565 g/mol. The van der Waals surface area contributed by atoms with E-state index in [0.29, 0.717) is 67.0 Å². The molecule has 2 amide bonds. The largest absolute Gasteiger partial charge is 0.492 e. The zero-order valence-electron chi connectivity index (χ0n) is 19.9. The lowest BCUT2D eigenvalue weighted by Gasteiger charge is -2.32. The second-order valence-electron chi connectivity index (χ2n) is 8.68. The molecule has 0 bridgehead atoms. The molecule has 1 N–H and O–H groups in total. The number of hydrogen-bond donors (Lipinski definition) is 1. The van der Waals surface area contributed by atoms with Crippen LogP contribution in [0.1, 0.15) is 38.7 Å². The van der Waals surface area contributed by atoms with Gasteiger partial charge < -0.3 is 15.0 Å². The van der Waals surface area contributed by atoms with Gasteiger partial charge in [-0.15, -0.1) is 0 Å². The van der Waals surface area contributed by atoms with Crippen LogP contribution in [0.4, 0.5) is 11.4 Å². The van der Waals surface area contributed by atoms with Crippen LogP contribution in [0.2, 0.25) is 0 Å². The minimum atomic E-state index is -3.94. The van der Waals surface area contributed by atoms with Gasteiger partial charge in [0.25, 0.3) is 0 Å². The monoisotopic (exact) mass is 563 g/mol. The summed E-state index contributed by atoms with van der Waals surface area (Å²) in [6, 6.07) is 10.6. The molecule has 2 aliphatic rings. The Morgan fingerprint density at radius 2 is 1.94 bits per heavy atom. The van der Waals surface area contributed by atoms with Crippen molar-refractivity contribution in [1.29, 1.82) is 0 Å². The van der Waals surface area contributed by atoms with Crippen LogP contribution >= 0.6 is 15.9 Å². The third kappa shape index (κ3) is 5.24. The molecule has 1 saturated heterocycles. The lowest BCUT2D eigenvalue weighted by Crippen LogP contribution is -2.44. The molecule has 1 atom stereocenters. The molecule has 1 unspecified atom stereocenters. The number of hydrogen-bond acceptors (Lipinski definition) is 5. The van der Waals surface area contributed by atoms with Crippen LogP contribution in [-0.4, -0.2) is 50.8 Å². The summed E-state index contributed by atoms with van der Waals surface area (Å²) in [7, 11) is -3.94. The van der Waals surface area contributed by atoms with Gasteiger partial charge in [-0.2, -0.15) is 4.31 Å². The predicted molar refractivity (Wildman–Crippen MR) is 138 cm³/mol. The maximum atomic E-state index is 13.8. The van der Waals surface area contributed by atoms with Crippen molar-refractivity contribution < 1.29 is 22.7 Å². The summed E-state index contributed by atoms with van der Waals surface area (Å²) in [4.78, 5) is 27.3. The van der Waals surface area contributed by atoms with Crippen molar-refractivity contribution in [3.05, 3.63) is 46.4 Å². The van der Waals surface area contributed by atoms with Gasteiger partial charge in [0.05, 0.1) is 23.9 Å². The maximum absolute atomic E-state index is 13.8. The van der Waals surface area contributed by atoms with E-state index in [1.54, 1.807) is 30.0 Å². The van der Waals surface area contributed by atoms with E-state index in [0.717, 1.165) is 5.56 Å². The fourth-order valence-corrected chi connectivity index (χ4v) is 7.15. The van der Waals surface area contributed by atoms with E-state index in [1.807, 2.05) is 25.1 Å². The molecule has 1 fully saturated rings. The predicted octanol–water partition coefficient (Wildman–Crippen LogP) is 4.19. The number of nitrogens with zero attached hydrogens (tertiary/aromatic N) is 2. The first-order valence-electron chi connectivity index (χ1n) is 11.9. The smallest absolute Gasteiger partial charge is 0.245 e. The number of fused-ring (bicyclic) bond motifs is 1. The van der Waals surface area contributed by atoms with Gasteiger partial charge in [0.15, 0.2) is 0 Å². The SMILES string of the molecule is CCOc1ccccc1NC(=O)C1CCCN(S(=O)(=O)c2cc(Br)cc3c2N(C(=O)CC)CC3)C1. The van der Waals surface area contributed by atoms with Crippen molar-refractivity contribution in [2.75, 3.05) is 36.5 Å². The van der Waals surface area contributed by atoms with Gasteiger partial charge in [-0.3, -0.25) is 9.59 Å². The summed E-state index contributed by atoms with van der Waals surface area (Å²) in [5.41, 5.74) is 1.87. The van der Waals surface area contributed by atoms with Crippen LogP contribution < -0.4 is 15.0 Å². The van der Waals surface area contributed by atoms with Gasteiger partial charge in [0.2, 0.25) is 21.8 Å². The van der Waals surface area contributed by atoms with Gasteiger partial charge in [0.1, 0.15) is 10.6 Å². The molecule has 0 radical (unpaired) electrons. The molecule has 8 nitrogen and oxygen atoms in total. The van der Waals surface area contributed by atoms with Crippen LogP contribution in [0, 0.1) is 5.92 Å². The lowest BCUT2D eigenvalue weighted by molar-refractivity contribution is -0.121. The van der Waals surface area contributed by atoms with Crippen molar-refractivity contribution in [3.8, 4) is 5.75 Å². The molecule has 4 rings (SSSR count). The quantitative estimate of drug-likeness (QED) is 0.545. The summed E-state index contributed by atoms with van der Waals surface area (Å²) < 4.78 is 35.3. The fourth-order valence-electron chi connectivity index (χ4n) is 4.71. The zero-order valence-corrected chi connectivity index (χ0v) is 22.3. The number of nitrogens with one attached hydrogen (secondary N) is 1. The molecule has 0 spiro atoms. The number of anilines is 2. The highest BCUT2D eigenvalue weighted by Gasteiger charge is 2.38. The van der Waals surface area contributed by atoms with Crippen molar-refractivity contribution in [2.45, 2.75) is 44.4 Å². The first-order chi connectivity index (χ1) is 16.8. The van der Waals surface area contributed by atoms with E-state index in [2.05, 4.69) is 21.2 Å². The Kier molecular flexibility index (Phi) is 7.83. The molecular weight excluding hydrogens is 534 g/mol. The first kappa shape index (κ1) is 25.7. The van der Waals surface area contributed by atoms with E-state index in [4.69, 9.17) is 4.74 Å². The molecule has 2 aromatic rings. The second-order valence-corrected chi connectivity index (χ2v) is 11.5. The standard InChI is InChI=1S/C25H30BrN3O5S/c1-3-23(30)29-13-11-17-14-19(26)15-22(24(17)29)35(32,33)28-12-7-8-18(16-28)25(31)27-20-9-5-6-10-21(20)34-4-2/h5-6,9-10,14-15,18H,3-4,7-8,11-13,16H2,1-2H3,(H,27,31). The highest BCUT2D eigenvalue weighted by Crippen LogP contribution is 2.40. The molecule has 0 aromatic heterocycles. The van der Waals surface area contributed by atoms with E-state index in [1.165, 1.54) is 4.31 Å². The van der Waals surface area contributed by atoms with Crippen LogP contribution in [0.25, 0.3) is 0 Å². The van der Waals surface area contributed by atoms with Gasteiger partial charge >= 0.3 is 0 Å². The van der Waals surface area contributed by atoms with Crippen molar-refractivity contribution in [1.82, 2.24) is 4.31 Å². The first-order valence-corrected chi connectivity index (χ1v) is 14.1. The van der Waals surface area contributed by atoms with Crippen molar-refractivity contribution >= 4 is 49.1 Å². The second kappa shape index (κ2) is 10.7. The van der Waals surface area contributed by atoms with Gasteiger partial charge in [-0.25, -0.2) is 8.42 Å². The Balaban J connectivity index is 1.59. The van der Waals surface area contributed by atoms with Crippen LogP contribution in [-0.2, 0) is 26.0 Å². The number of halogens is 1. The molecule has 2 aromatic carbocycles. The molecule has 0 saturated carbocycles. The molecule has 188 valence electrons. The molecule has 2 heterocycles. The molecule has 2 aliphatic heterocycles. The number of amides is 2. The minimum Gasteiger partial charge on any atom is -0.492 e. The number of rotatable bonds is 7. The Morgan fingerprint density at radius 3 is 2.69 bits per heavy atom. The van der Waals surface area contributed by atoms with E-state index >= 15 is 0 Å². The molecule has 35 heavy (non-hydrogen) atoms. The highest BCUT2D eigenvalue weighted by atomic mass is 79.9. The van der Waals surface area contributed by atoms with E-state index < -0.39 is 15.9 Å². The Hall–Kier alpha value is -2.43. The number of ether oxygens (including phenoxy) is 1. The summed E-state index contributed by atoms with van der Waals surface area (Å²) in [6.45, 7) is 4.97. The van der Waals surface area contributed by atoms with Crippen LogP contribution in [0.5, 0.6) is 5.75 Å². The summed E-state index contributed by atoms with van der Waals surface area (Å²) in [5, 5.41) is 2.91. The van der Waals surface area contributed by atoms with Crippen LogP contribution in [0.15, 0.2) is 45.8 Å². The number of sulfonamides is 1. The van der Waals surface area contributed by atoms with Crippen molar-refractivity contribution in [2.24, 2.45) is 5.92 Å². The maximum Gasteiger partial charge on any atom is 0.245 e.